The Morgan fingerprint density at radius 3 is 2.80 bits per heavy atom. The maximum absolute atomic E-state index is 9.38. The van der Waals surface area contributed by atoms with E-state index in [0.717, 1.165) is 25.9 Å². The van der Waals surface area contributed by atoms with E-state index in [4.69, 9.17) is 4.74 Å². The van der Waals surface area contributed by atoms with E-state index >= 15 is 0 Å². The summed E-state index contributed by atoms with van der Waals surface area (Å²) in [4.78, 5) is 0. The number of aliphatic hydroxyl groups excluding tert-OH is 1. The van der Waals surface area contributed by atoms with Gasteiger partial charge < -0.3 is 15.2 Å². The van der Waals surface area contributed by atoms with Gasteiger partial charge in [-0.3, -0.25) is 0 Å². The van der Waals surface area contributed by atoms with E-state index in [1.165, 1.54) is 0 Å². The first-order valence-corrected chi connectivity index (χ1v) is 3.76. The van der Waals surface area contributed by atoms with Crippen molar-refractivity contribution in [2.45, 2.75) is 25.0 Å². The van der Waals surface area contributed by atoms with Crippen molar-refractivity contribution < 1.29 is 9.84 Å². The van der Waals surface area contributed by atoms with E-state index in [9.17, 15) is 5.11 Å². The Labute approximate surface area is 61.4 Å². The van der Waals surface area contributed by atoms with Crippen molar-refractivity contribution in [2.75, 3.05) is 20.2 Å². The zero-order valence-corrected chi connectivity index (χ0v) is 6.34. The molecule has 0 saturated carbocycles. The van der Waals surface area contributed by atoms with Crippen LogP contribution in [0.5, 0.6) is 0 Å². The maximum Gasteiger partial charge on any atom is 0.0842 e. The Kier molecular flexibility index (Phi) is 3.12. The van der Waals surface area contributed by atoms with Gasteiger partial charge in [-0.15, -0.1) is 0 Å². The molecular weight excluding hydrogens is 130 g/mol. The molecule has 0 aromatic carbocycles. The fraction of sp³-hybridized carbons (Fsp3) is 1.00. The van der Waals surface area contributed by atoms with Crippen LogP contribution >= 0.6 is 0 Å². The predicted molar refractivity (Wildman–Crippen MR) is 38.9 cm³/mol. The third-order valence-electron chi connectivity index (χ3n) is 1.95. The summed E-state index contributed by atoms with van der Waals surface area (Å²) in [5.74, 6) is 0. The van der Waals surface area contributed by atoms with Gasteiger partial charge in [-0.05, 0) is 25.9 Å². The topological polar surface area (TPSA) is 41.5 Å². The van der Waals surface area contributed by atoms with Gasteiger partial charge in [-0.1, -0.05) is 0 Å². The first-order chi connectivity index (χ1) is 4.84. The lowest BCUT2D eigenvalue weighted by Gasteiger charge is -2.17. The molecular formula is C7H15NO2. The monoisotopic (exact) mass is 145 g/mol. The van der Waals surface area contributed by atoms with Crippen LogP contribution in [0, 0.1) is 0 Å². The summed E-state index contributed by atoms with van der Waals surface area (Å²) in [5.41, 5.74) is 0. The van der Waals surface area contributed by atoms with Gasteiger partial charge >= 0.3 is 0 Å². The number of aliphatic hydroxyl groups is 1. The lowest BCUT2D eigenvalue weighted by Crippen LogP contribution is -2.27. The highest BCUT2D eigenvalue weighted by Gasteiger charge is 2.19. The Morgan fingerprint density at radius 2 is 2.10 bits per heavy atom. The SMILES string of the molecule is COC1CCNCC[C@H]1O. The molecule has 0 aromatic rings. The molecule has 0 radical (unpaired) electrons. The van der Waals surface area contributed by atoms with Crippen molar-refractivity contribution in [3.05, 3.63) is 0 Å². The Balaban J connectivity index is 2.35. The molecule has 3 nitrogen and oxygen atoms in total. The van der Waals surface area contributed by atoms with Crippen molar-refractivity contribution in [2.24, 2.45) is 0 Å². The van der Waals surface area contributed by atoms with Gasteiger partial charge in [0.25, 0.3) is 0 Å². The van der Waals surface area contributed by atoms with Gasteiger partial charge in [-0.2, -0.15) is 0 Å². The molecule has 0 amide bonds. The summed E-state index contributed by atoms with van der Waals surface area (Å²) < 4.78 is 5.09. The molecule has 1 heterocycles. The summed E-state index contributed by atoms with van der Waals surface area (Å²) in [6.07, 6.45) is 1.48. The molecule has 10 heavy (non-hydrogen) atoms. The molecule has 0 aliphatic carbocycles. The fourth-order valence-electron chi connectivity index (χ4n) is 1.27. The summed E-state index contributed by atoms with van der Waals surface area (Å²) in [6, 6.07) is 0. The molecule has 3 heteroatoms. The standard InChI is InChI=1S/C7H15NO2/c1-10-7-3-5-8-4-2-6(7)9/h6-9H,2-5H2,1H3/t6-,7?/m1/s1. The van der Waals surface area contributed by atoms with E-state index in [-0.39, 0.29) is 12.2 Å². The second-order valence-electron chi connectivity index (χ2n) is 2.67. The van der Waals surface area contributed by atoms with Gasteiger partial charge in [0, 0.05) is 7.11 Å². The van der Waals surface area contributed by atoms with Crippen LogP contribution in [0.4, 0.5) is 0 Å². The summed E-state index contributed by atoms with van der Waals surface area (Å²) in [6.45, 7) is 1.86. The average Bonchev–Trinajstić information content (AvgIpc) is 2.13. The van der Waals surface area contributed by atoms with Crippen LogP contribution in [0.3, 0.4) is 0 Å². The smallest absolute Gasteiger partial charge is 0.0842 e. The predicted octanol–water partition coefficient (Wildman–Crippen LogP) is -0.254. The number of methoxy groups -OCH3 is 1. The second-order valence-corrected chi connectivity index (χ2v) is 2.67. The van der Waals surface area contributed by atoms with Gasteiger partial charge in [0.15, 0.2) is 0 Å². The third kappa shape index (κ3) is 1.94. The molecule has 2 atom stereocenters. The van der Waals surface area contributed by atoms with E-state index < -0.39 is 0 Å². The molecule has 1 saturated heterocycles. The summed E-state index contributed by atoms with van der Waals surface area (Å²) in [5, 5.41) is 12.6. The summed E-state index contributed by atoms with van der Waals surface area (Å²) in [7, 11) is 1.65. The highest BCUT2D eigenvalue weighted by Crippen LogP contribution is 2.08. The zero-order chi connectivity index (χ0) is 7.40. The number of ether oxygens (including phenoxy) is 1. The van der Waals surface area contributed by atoms with Crippen LogP contribution in [-0.4, -0.2) is 37.5 Å². The Morgan fingerprint density at radius 1 is 1.40 bits per heavy atom. The number of nitrogens with one attached hydrogen (secondary N) is 1. The minimum Gasteiger partial charge on any atom is -0.390 e. The molecule has 1 aliphatic rings. The van der Waals surface area contributed by atoms with E-state index in [1.807, 2.05) is 0 Å². The second kappa shape index (κ2) is 3.91. The quantitative estimate of drug-likeness (QED) is 0.534. The number of hydrogen-bond acceptors (Lipinski definition) is 3. The minimum atomic E-state index is -0.278. The first-order valence-electron chi connectivity index (χ1n) is 3.76. The van der Waals surface area contributed by atoms with E-state index in [1.54, 1.807) is 7.11 Å². The molecule has 60 valence electrons. The van der Waals surface area contributed by atoms with Crippen molar-refractivity contribution >= 4 is 0 Å². The van der Waals surface area contributed by atoms with Crippen LogP contribution in [0.1, 0.15) is 12.8 Å². The normalized spacial score (nSPS) is 35.4. The molecule has 1 unspecified atom stereocenters. The van der Waals surface area contributed by atoms with Gasteiger partial charge in [0.2, 0.25) is 0 Å². The first kappa shape index (κ1) is 7.98. The van der Waals surface area contributed by atoms with E-state index in [2.05, 4.69) is 5.32 Å². The van der Waals surface area contributed by atoms with Gasteiger partial charge in [0.05, 0.1) is 12.2 Å². The fourth-order valence-corrected chi connectivity index (χ4v) is 1.27. The van der Waals surface area contributed by atoms with Crippen LogP contribution in [-0.2, 0) is 4.74 Å². The van der Waals surface area contributed by atoms with Crippen LogP contribution in [0.25, 0.3) is 0 Å². The average molecular weight is 145 g/mol. The maximum atomic E-state index is 9.38. The highest BCUT2D eigenvalue weighted by molar-refractivity contribution is 4.74. The van der Waals surface area contributed by atoms with E-state index in [0.29, 0.717) is 0 Å². The van der Waals surface area contributed by atoms with Crippen LogP contribution in [0.2, 0.25) is 0 Å². The van der Waals surface area contributed by atoms with Crippen molar-refractivity contribution in [3.63, 3.8) is 0 Å². The van der Waals surface area contributed by atoms with Gasteiger partial charge in [-0.25, -0.2) is 0 Å². The lowest BCUT2D eigenvalue weighted by molar-refractivity contribution is -0.0122. The Bertz CT molecular complexity index is 97.6. The molecule has 0 bridgehead atoms. The van der Waals surface area contributed by atoms with Crippen molar-refractivity contribution in [3.8, 4) is 0 Å². The zero-order valence-electron chi connectivity index (χ0n) is 6.34. The van der Waals surface area contributed by atoms with Gasteiger partial charge in [0.1, 0.15) is 0 Å². The lowest BCUT2D eigenvalue weighted by atomic mass is 10.1. The van der Waals surface area contributed by atoms with Crippen molar-refractivity contribution in [1.29, 1.82) is 0 Å². The van der Waals surface area contributed by atoms with Crippen LogP contribution in [0.15, 0.2) is 0 Å². The molecule has 1 rings (SSSR count). The molecule has 0 spiro atoms. The largest absolute Gasteiger partial charge is 0.390 e. The molecule has 0 aromatic heterocycles. The molecule has 1 fully saturated rings. The third-order valence-corrected chi connectivity index (χ3v) is 1.95. The summed E-state index contributed by atoms with van der Waals surface area (Å²) >= 11 is 0. The highest BCUT2D eigenvalue weighted by atomic mass is 16.5. The van der Waals surface area contributed by atoms with Crippen LogP contribution < -0.4 is 5.32 Å². The molecule has 2 N–H and O–H groups in total. The molecule has 1 aliphatic heterocycles. The Hall–Kier alpha value is -0.120. The number of rotatable bonds is 1. The number of hydrogen-bond donors (Lipinski definition) is 2. The minimum absolute atomic E-state index is 0.0370. The van der Waals surface area contributed by atoms with Crippen molar-refractivity contribution in [1.82, 2.24) is 5.32 Å².